The molecule has 1 fully saturated rings. The van der Waals surface area contributed by atoms with Crippen LogP contribution >= 0.6 is 12.4 Å². The van der Waals surface area contributed by atoms with Crippen LogP contribution in [0.15, 0.2) is 0 Å². The van der Waals surface area contributed by atoms with E-state index in [2.05, 4.69) is 13.8 Å². The standard InChI is InChI=1S/C9H19N.ClH/c1-7-4-3-5-9(6-7)8(2)10;/h7-9H,3-6,10H2,1-2H3;1H/t7?,8-,9?;/m0./s1. The fraction of sp³-hybridized carbons (Fsp3) is 1.00. The molecule has 0 aliphatic heterocycles. The van der Waals surface area contributed by atoms with Crippen molar-refractivity contribution in [2.75, 3.05) is 0 Å². The summed E-state index contributed by atoms with van der Waals surface area (Å²) in [5.41, 5.74) is 5.83. The minimum absolute atomic E-state index is 0. The van der Waals surface area contributed by atoms with Gasteiger partial charge in [0.25, 0.3) is 0 Å². The molecule has 0 heterocycles. The van der Waals surface area contributed by atoms with E-state index in [1.807, 2.05) is 0 Å². The molecule has 0 amide bonds. The second kappa shape index (κ2) is 5.00. The Balaban J connectivity index is 0.000001000. The lowest BCUT2D eigenvalue weighted by Crippen LogP contribution is -2.30. The van der Waals surface area contributed by atoms with Gasteiger partial charge in [0.05, 0.1) is 0 Å². The summed E-state index contributed by atoms with van der Waals surface area (Å²) in [4.78, 5) is 0. The first-order valence-corrected chi connectivity index (χ1v) is 4.45. The molecule has 0 saturated heterocycles. The van der Waals surface area contributed by atoms with Crippen LogP contribution in [0.4, 0.5) is 0 Å². The van der Waals surface area contributed by atoms with Crippen LogP contribution in [0.2, 0.25) is 0 Å². The predicted molar refractivity (Wildman–Crippen MR) is 52.0 cm³/mol. The van der Waals surface area contributed by atoms with Crippen LogP contribution < -0.4 is 5.73 Å². The molecule has 1 nitrogen and oxygen atoms in total. The third-order valence-corrected chi connectivity index (χ3v) is 2.72. The number of halogens is 1. The Kier molecular flexibility index (Phi) is 5.11. The number of rotatable bonds is 1. The summed E-state index contributed by atoms with van der Waals surface area (Å²) in [5.74, 6) is 1.73. The second-order valence-electron chi connectivity index (χ2n) is 3.89. The van der Waals surface area contributed by atoms with Crippen molar-refractivity contribution in [3.63, 3.8) is 0 Å². The van der Waals surface area contributed by atoms with E-state index in [0.29, 0.717) is 6.04 Å². The molecule has 1 aliphatic rings. The summed E-state index contributed by atoms with van der Waals surface area (Å²) < 4.78 is 0. The summed E-state index contributed by atoms with van der Waals surface area (Å²) in [6, 6.07) is 0.419. The van der Waals surface area contributed by atoms with Crippen LogP contribution in [0.25, 0.3) is 0 Å². The summed E-state index contributed by atoms with van der Waals surface area (Å²) in [5, 5.41) is 0. The van der Waals surface area contributed by atoms with Gasteiger partial charge in [-0.15, -0.1) is 12.4 Å². The highest BCUT2D eigenvalue weighted by molar-refractivity contribution is 5.85. The number of hydrogen-bond donors (Lipinski definition) is 1. The van der Waals surface area contributed by atoms with Gasteiger partial charge in [-0.05, 0) is 31.6 Å². The zero-order valence-electron chi connectivity index (χ0n) is 7.55. The Hall–Kier alpha value is 0.250. The maximum atomic E-state index is 5.83. The molecule has 68 valence electrons. The van der Waals surface area contributed by atoms with Crippen molar-refractivity contribution in [1.29, 1.82) is 0 Å². The molecule has 0 bridgehead atoms. The van der Waals surface area contributed by atoms with E-state index < -0.39 is 0 Å². The highest BCUT2D eigenvalue weighted by Gasteiger charge is 2.21. The minimum atomic E-state index is 0. The van der Waals surface area contributed by atoms with Crippen molar-refractivity contribution in [3.05, 3.63) is 0 Å². The first kappa shape index (κ1) is 11.2. The summed E-state index contributed by atoms with van der Waals surface area (Å²) in [6.07, 6.45) is 5.54. The fourth-order valence-electron chi connectivity index (χ4n) is 1.96. The molecule has 2 unspecified atom stereocenters. The van der Waals surface area contributed by atoms with Crippen LogP contribution in [0.5, 0.6) is 0 Å². The first-order valence-electron chi connectivity index (χ1n) is 4.45. The zero-order chi connectivity index (χ0) is 7.56. The van der Waals surface area contributed by atoms with E-state index in [4.69, 9.17) is 5.73 Å². The maximum absolute atomic E-state index is 5.83. The monoisotopic (exact) mass is 177 g/mol. The van der Waals surface area contributed by atoms with Gasteiger partial charge in [-0.2, -0.15) is 0 Å². The van der Waals surface area contributed by atoms with E-state index in [9.17, 15) is 0 Å². The van der Waals surface area contributed by atoms with Crippen molar-refractivity contribution in [2.45, 2.75) is 45.6 Å². The summed E-state index contributed by atoms with van der Waals surface area (Å²) in [6.45, 7) is 4.48. The quantitative estimate of drug-likeness (QED) is 0.655. The largest absolute Gasteiger partial charge is 0.328 e. The normalized spacial score (nSPS) is 34.1. The highest BCUT2D eigenvalue weighted by Crippen LogP contribution is 2.29. The molecule has 11 heavy (non-hydrogen) atoms. The van der Waals surface area contributed by atoms with Gasteiger partial charge in [0.1, 0.15) is 0 Å². The van der Waals surface area contributed by atoms with Gasteiger partial charge in [0.2, 0.25) is 0 Å². The number of hydrogen-bond acceptors (Lipinski definition) is 1. The van der Waals surface area contributed by atoms with Crippen molar-refractivity contribution < 1.29 is 0 Å². The maximum Gasteiger partial charge on any atom is 0.00388 e. The van der Waals surface area contributed by atoms with Crippen molar-refractivity contribution >= 4 is 12.4 Å². The molecule has 1 rings (SSSR count). The van der Waals surface area contributed by atoms with Gasteiger partial charge < -0.3 is 5.73 Å². The molecule has 2 heteroatoms. The molecule has 1 saturated carbocycles. The molecule has 0 spiro atoms. The SMILES string of the molecule is CC1CCCC([C@H](C)N)C1.Cl. The average Bonchev–Trinajstić information content (AvgIpc) is 1.88. The van der Waals surface area contributed by atoms with Crippen LogP contribution in [0, 0.1) is 11.8 Å². The Bertz CT molecular complexity index is 104. The third kappa shape index (κ3) is 3.44. The number of nitrogens with two attached hydrogens (primary N) is 1. The van der Waals surface area contributed by atoms with Crippen molar-refractivity contribution in [1.82, 2.24) is 0 Å². The van der Waals surface area contributed by atoms with E-state index in [1.165, 1.54) is 25.7 Å². The Morgan fingerprint density at radius 3 is 2.36 bits per heavy atom. The molecular formula is C9H20ClN. The fourth-order valence-corrected chi connectivity index (χ4v) is 1.96. The predicted octanol–water partition coefficient (Wildman–Crippen LogP) is 2.58. The van der Waals surface area contributed by atoms with Crippen molar-refractivity contribution in [3.8, 4) is 0 Å². The first-order chi connectivity index (χ1) is 4.70. The molecule has 0 aromatic heterocycles. The molecule has 1 aliphatic carbocycles. The molecule has 3 atom stereocenters. The van der Waals surface area contributed by atoms with E-state index in [0.717, 1.165) is 11.8 Å². The van der Waals surface area contributed by atoms with Crippen LogP contribution in [0.3, 0.4) is 0 Å². The van der Waals surface area contributed by atoms with Gasteiger partial charge in [0, 0.05) is 6.04 Å². The average molecular weight is 178 g/mol. The topological polar surface area (TPSA) is 26.0 Å². The molecule has 2 N–H and O–H groups in total. The van der Waals surface area contributed by atoms with Crippen LogP contribution in [-0.2, 0) is 0 Å². The summed E-state index contributed by atoms with van der Waals surface area (Å²) >= 11 is 0. The molecule has 0 radical (unpaired) electrons. The van der Waals surface area contributed by atoms with Crippen LogP contribution in [0.1, 0.15) is 39.5 Å². The molecular weight excluding hydrogens is 158 g/mol. The second-order valence-corrected chi connectivity index (χ2v) is 3.89. The Labute approximate surface area is 76.1 Å². The van der Waals surface area contributed by atoms with Crippen molar-refractivity contribution in [2.24, 2.45) is 17.6 Å². The lowest BCUT2D eigenvalue weighted by molar-refractivity contribution is 0.254. The van der Waals surface area contributed by atoms with E-state index in [-0.39, 0.29) is 12.4 Å². The highest BCUT2D eigenvalue weighted by atomic mass is 35.5. The van der Waals surface area contributed by atoms with Gasteiger partial charge >= 0.3 is 0 Å². The smallest absolute Gasteiger partial charge is 0.00388 e. The van der Waals surface area contributed by atoms with E-state index in [1.54, 1.807) is 0 Å². The zero-order valence-corrected chi connectivity index (χ0v) is 8.36. The minimum Gasteiger partial charge on any atom is -0.328 e. The van der Waals surface area contributed by atoms with E-state index >= 15 is 0 Å². The van der Waals surface area contributed by atoms with Gasteiger partial charge in [0.15, 0.2) is 0 Å². The summed E-state index contributed by atoms with van der Waals surface area (Å²) in [7, 11) is 0. The van der Waals surface area contributed by atoms with Gasteiger partial charge in [-0.1, -0.05) is 19.8 Å². The lowest BCUT2D eigenvalue weighted by atomic mass is 9.79. The van der Waals surface area contributed by atoms with Gasteiger partial charge in [-0.3, -0.25) is 0 Å². The molecule has 0 aromatic rings. The molecule has 0 aromatic carbocycles. The van der Waals surface area contributed by atoms with Crippen LogP contribution in [-0.4, -0.2) is 6.04 Å². The Morgan fingerprint density at radius 2 is 2.00 bits per heavy atom. The Morgan fingerprint density at radius 1 is 1.36 bits per heavy atom. The third-order valence-electron chi connectivity index (χ3n) is 2.72. The lowest BCUT2D eigenvalue weighted by Gasteiger charge is -2.29. The van der Waals surface area contributed by atoms with Gasteiger partial charge in [-0.25, -0.2) is 0 Å².